The van der Waals surface area contributed by atoms with Gasteiger partial charge in [-0.1, -0.05) is 19.1 Å². The summed E-state index contributed by atoms with van der Waals surface area (Å²) >= 11 is 0. The molecule has 2 heterocycles. The summed E-state index contributed by atoms with van der Waals surface area (Å²) in [6.07, 6.45) is 3.12. The second-order valence-corrected chi connectivity index (χ2v) is 7.48. The van der Waals surface area contributed by atoms with E-state index in [4.69, 9.17) is 4.74 Å². The Morgan fingerprint density at radius 2 is 2.12 bits per heavy atom. The average Bonchev–Trinajstić information content (AvgIpc) is 3.02. The van der Waals surface area contributed by atoms with Gasteiger partial charge in [0.1, 0.15) is 5.75 Å². The number of anilines is 1. The van der Waals surface area contributed by atoms with Gasteiger partial charge in [-0.05, 0) is 56.4 Å². The van der Waals surface area contributed by atoms with Gasteiger partial charge >= 0.3 is 0 Å². The summed E-state index contributed by atoms with van der Waals surface area (Å²) in [5, 5.41) is 6.50. The standard InChI is InChI=1S/C19H29N3O2/c1-19(9-10-20-13-19)14-22-11-7-15(8-12-22)18(23)21-16-5-3-4-6-17(16)24-2/h3-6,15,20H,7-14H2,1-2H3,(H,21,23). The van der Waals surface area contributed by atoms with E-state index >= 15 is 0 Å². The molecule has 0 saturated carbocycles. The zero-order chi connectivity index (χ0) is 17.0. The SMILES string of the molecule is COc1ccccc1NC(=O)C1CCN(CC2(C)CCNC2)CC1. The maximum Gasteiger partial charge on any atom is 0.227 e. The third-order valence-corrected chi connectivity index (χ3v) is 5.39. The van der Waals surface area contributed by atoms with Crippen LogP contribution in [0.1, 0.15) is 26.2 Å². The number of carbonyl (C=O) groups is 1. The maximum absolute atomic E-state index is 12.6. The molecule has 2 saturated heterocycles. The van der Waals surface area contributed by atoms with E-state index in [1.165, 1.54) is 6.42 Å². The highest BCUT2D eigenvalue weighted by molar-refractivity contribution is 5.94. The minimum absolute atomic E-state index is 0.0978. The summed E-state index contributed by atoms with van der Waals surface area (Å²) in [5.41, 5.74) is 1.16. The van der Waals surface area contributed by atoms with Crippen LogP contribution in [0.5, 0.6) is 5.75 Å². The molecule has 0 aliphatic carbocycles. The number of likely N-dealkylation sites (tertiary alicyclic amines) is 1. The Kier molecular flexibility index (Phi) is 5.41. The van der Waals surface area contributed by atoms with Gasteiger partial charge in [0.15, 0.2) is 0 Å². The van der Waals surface area contributed by atoms with Crippen molar-refractivity contribution in [2.45, 2.75) is 26.2 Å². The monoisotopic (exact) mass is 331 g/mol. The van der Waals surface area contributed by atoms with E-state index in [0.717, 1.165) is 51.3 Å². The van der Waals surface area contributed by atoms with Crippen molar-refractivity contribution in [3.63, 3.8) is 0 Å². The van der Waals surface area contributed by atoms with Crippen molar-refractivity contribution < 1.29 is 9.53 Å². The lowest BCUT2D eigenvalue weighted by molar-refractivity contribution is -0.121. The molecule has 0 radical (unpaired) electrons. The molecule has 24 heavy (non-hydrogen) atoms. The molecule has 5 heteroatoms. The van der Waals surface area contributed by atoms with Crippen molar-refractivity contribution in [1.29, 1.82) is 0 Å². The first-order valence-corrected chi connectivity index (χ1v) is 8.97. The lowest BCUT2D eigenvalue weighted by atomic mass is 9.87. The summed E-state index contributed by atoms with van der Waals surface area (Å²) in [7, 11) is 1.63. The number of amides is 1. The fourth-order valence-electron chi connectivity index (χ4n) is 3.88. The predicted molar refractivity (Wildman–Crippen MR) is 96.4 cm³/mol. The Hall–Kier alpha value is -1.59. The first-order chi connectivity index (χ1) is 11.6. The van der Waals surface area contributed by atoms with Gasteiger partial charge in [-0.3, -0.25) is 4.79 Å². The van der Waals surface area contributed by atoms with Crippen molar-refractivity contribution in [1.82, 2.24) is 10.2 Å². The molecule has 1 unspecified atom stereocenters. The third kappa shape index (κ3) is 4.08. The van der Waals surface area contributed by atoms with Crippen molar-refractivity contribution in [3.8, 4) is 5.75 Å². The molecule has 0 spiro atoms. The van der Waals surface area contributed by atoms with Crippen LogP contribution < -0.4 is 15.4 Å². The van der Waals surface area contributed by atoms with Crippen molar-refractivity contribution in [3.05, 3.63) is 24.3 Å². The van der Waals surface area contributed by atoms with Gasteiger partial charge in [0.2, 0.25) is 5.91 Å². The number of hydrogen-bond donors (Lipinski definition) is 2. The van der Waals surface area contributed by atoms with Crippen LogP contribution in [0.3, 0.4) is 0 Å². The molecule has 2 N–H and O–H groups in total. The van der Waals surface area contributed by atoms with Crippen LogP contribution in [0.4, 0.5) is 5.69 Å². The Balaban J connectivity index is 1.50. The van der Waals surface area contributed by atoms with Gasteiger partial charge in [0, 0.05) is 19.0 Å². The fourth-order valence-corrected chi connectivity index (χ4v) is 3.88. The number of carbonyl (C=O) groups excluding carboxylic acids is 1. The van der Waals surface area contributed by atoms with Crippen LogP contribution in [-0.2, 0) is 4.79 Å². The van der Waals surface area contributed by atoms with E-state index in [1.54, 1.807) is 7.11 Å². The van der Waals surface area contributed by atoms with Crippen molar-refractivity contribution >= 4 is 11.6 Å². The predicted octanol–water partition coefficient (Wildman–Crippen LogP) is 2.35. The van der Waals surface area contributed by atoms with E-state index < -0.39 is 0 Å². The summed E-state index contributed by atoms with van der Waals surface area (Å²) in [6.45, 7) is 7.78. The molecule has 2 fully saturated rings. The lowest BCUT2D eigenvalue weighted by Gasteiger charge is -2.36. The van der Waals surface area contributed by atoms with Crippen LogP contribution in [0.2, 0.25) is 0 Å². The van der Waals surface area contributed by atoms with Crippen LogP contribution in [-0.4, -0.2) is 50.6 Å². The van der Waals surface area contributed by atoms with Crippen LogP contribution in [0.15, 0.2) is 24.3 Å². The number of benzene rings is 1. The van der Waals surface area contributed by atoms with E-state index in [9.17, 15) is 4.79 Å². The number of para-hydroxylation sites is 2. The Morgan fingerprint density at radius 3 is 2.79 bits per heavy atom. The number of hydrogen-bond acceptors (Lipinski definition) is 4. The second-order valence-electron chi connectivity index (χ2n) is 7.48. The number of ether oxygens (including phenoxy) is 1. The van der Waals surface area contributed by atoms with Crippen molar-refractivity contribution in [2.24, 2.45) is 11.3 Å². The third-order valence-electron chi connectivity index (χ3n) is 5.39. The molecule has 1 aromatic rings. The Labute approximate surface area is 144 Å². The topological polar surface area (TPSA) is 53.6 Å². The van der Waals surface area contributed by atoms with Gasteiger partial charge in [-0.25, -0.2) is 0 Å². The van der Waals surface area contributed by atoms with Gasteiger partial charge in [0.25, 0.3) is 0 Å². The van der Waals surface area contributed by atoms with Crippen molar-refractivity contribution in [2.75, 3.05) is 45.2 Å². The number of methoxy groups -OCH3 is 1. The number of nitrogens with zero attached hydrogens (tertiary/aromatic N) is 1. The first-order valence-electron chi connectivity index (χ1n) is 8.97. The molecule has 1 amide bonds. The molecule has 0 bridgehead atoms. The molecule has 132 valence electrons. The van der Waals surface area contributed by atoms with E-state index in [0.29, 0.717) is 11.2 Å². The molecule has 2 aliphatic heterocycles. The summed E-state index contributed by atoms with van der Waals surface area (Å²) < 4.78 is 5.31. The smallest absolute Gasteiger partial charge is 0.227 e. The number of piperidine rings is 1. The molecule has 1 atom stereocenters. The highest BCUT2D eigenvalue weighted by atomic mass is 16.5. The molecular formula is C19H29N3O2. The van der Waals surface area contributed by atoms with E-state index in [2.05, 4.69) is 22.5 Å². The molecular weight excluding hydrogens is 302 g/mol. The quantitative estimate of drug-likeness (QED) is 0.870. The molecule has 0 aromatic heterocycles. The maximum atomic E-state index is 12.6. The first kappa shape index (κ1) is 17.2. The number of rotatable bonds is 5. The normalized spacial score (nSPS) is 25.6. The fraction of sp³-hybridized carbons (Fsp3) is 0.632. The van der Waals surface area contributed by atoms with Gasteiger partial charge < -0.3 is 20.3 Å². The van der Waals surface area contributed by atoms with Gasteiger partial charge in [0.05, 0.1) is 12.8 Å². The number of nitrogens with one attached hydrogen (secondary N) is 2. The summed E-state index contributed by atoms with van der Waals surface area (Å²) in [4.78, 5) is 15.1. The highest BCUT2D eigenvalue weighted by Crippen LogP contribution is 2.29. The van der Waals surface area contributed by atoms with Gasteiger partial charge in [-0.2, -0.15) is 0 Å². The Morgan fingerprint density at radius 1 is 1.38 bits per heavy atom. The van der Waals surface area contributed by atoms with Crippen LogP contribution in [0.25, 0.3) is 0 Å². The van der Waals surface area contributed by atoms with Crippen LogP contribution >= 0.6 is 0 Å². The Bertz CT molecular complexity index is 561. The lowest BCUT2D eigenvalue weighted by Crippen LogP contribution is -2.43. The van der Waals surface area contributed by atoms with Crippen LogP contribution in [0, 0.1) is 11.3 Å². The second kappa shape index (κ2) is 7.53. The molecule has 3 rings (SSSR count). The zero-order valence-electron chi connectivity index (χ0n) is 14.8. The highest BCUT2D eigenvalue weighted by Gasteiger charge is 2.33. The summed E-state index contributed by atoms with van der Waals surface area (Å²) in [5.74, 6) is 0.929. The molecule has 5 nitrogen and oxygen atoms in total. The minimum Gasteiger partial charge on any atom is -0.495 e. The molecule has 2 aliphatic rings. The largest absolute Gasteiger partial charge is 0.495 e. The van der Waals surface area contributed by atoms with E-state index in [1.807, 2.05) is 24.3 Å². The zero-order valence-corrected chi connectivity index (χ0v) is 14.8. The van der Waals surface area contributed by atoms with Gasteiger partial charge in [-0.15, -0.1) is 0 Å². The summed E-state index contributed by atoms with van der Waals surface area (Å²) in [6, 6.07) is 7.58. The average molecular weight is 331 g/mol. The minimum atomic E-state index is 0.0978. The van der Waals surface area contributed by atoms with E-state index in [-0.39, 0.29) is 11.8 Å². The molecule has 1 aromatic carbocycles.